The molecule has 0 amide bonds. The molecule has 0 aliphatic heterocycles. The minimum atomic E-state index is 0. The van der Waals surface area contributed by atoms with Crippen LogP contribution in [0, 0.1) is 6.07 Å². The summed E-state index contributed by atoms with van der Waals surface area (Å²) >= 11 is 0. The summed E-state index contributed by atoms with van der Waals surface area (Å²) < 4.78 is 2.12. The van der Waals surface area contributed by atoms with Gasteiger partial charge in [-0.3, -0.25) is 4.98 Å². The van der Waals surface area contributed by atoms with Crippen molar-refractivity contribution in [3.05, 3.63) is 60.8 Å². The zero-order valence-electron chi connectivity index (χ0n) is 9.42. The molecule has 2 heterocycles. The predicted molar refractivity (Wildman–Crippen MR) is 69.0 cm³/mol. The van der Waals surface area contributed by atoms with Crippen LogP contribution in [0.2, 0.25) is 0 Å². The van der Waals surface area contributed by atoms with E-state index in [-0.39, 0.29) is 20.1 Å². The molecule has 4 aromatic rings. The van der Waals surface area contributed by atoms with E-state index in [0.29, 0.717) is 0 Å². The van der Waals surface area contributed by atoms with E-state index in [9.17, 15) is 0 Å². The Morgan fingerprint density at radius 1 is 1.00 bits per heavy atom. The SMILES string of the molecule is [Ir].[c-]1cccc2ccn3c4ccccc4nc3c12. The largest absolute Gasteiger partial charge is 0.341 e. The number of pyridine rings is 1. The first-order chi connectivity index (χ1) is 8.43. The van der Waals surface area contributed by atoms with E-state index in [0.717, 1.165) is 22.1 Å². The molecule has 0 bridgehead atoms. The molecular weight excluding hydrogens is 400 g/mol. The molecule has 0 atom stereocenters. The number of hydrogen-bond acceptors (Lipinski definition) is 1. The smallest absolute Gasteiger partial charge is 0.0774 e. The number of fused-ring (bicyclic) bond motifs is 5. The van der Waals surface area contributed by atoms with Gasteiger partial charge in [0.25, 0.3) is 0 Å². The topological polar surface area (TPSA) is 17.3 Å². The number of aromatic nitrogens is 2. The number of nitrogens with zero attached hydrogens (tertiary/aromatic N) is 2. The van der Waals surface area contributed by atoms with E-state index >= 15 is 0 Å². The van der Waals surface area contributed by atoms with Crippen molar-refractivity contribution in [2.75, 3.05) is 0 Å². The summed E-state index contributed by atoms with van der Waals surface area (Å²) in [5, 5.41) is 2.25. The van der Waals surface area contributed by atoms with E-state index in [1.165, 1.54) is 5.39 Å². The third-order valence-electron chi connectivity index (χ3n) is 3.11. The summed E-state index contributed by atoms with van der Waals surface area (Å²) in [6.45, 7) is 0. The van der Waals surface area contributed by atoms with Crippen LogP contribution in [0.4, 0.5) is 0 Å². The minimum Gasteiger partial charge on any atom is -0.341 e. The molecule has 18 heavy (non-hydrogen) atoms. The van der Waals surface area contributed by atoms with Gasteiger partial charge in [-0.15, -0.1) is 35.0 Å². The maximum Gasteiger partial charge on any atom is 0.0774 e. The second kappa shape index (κ2) is 4.20. The van der Waals surface area contributed by atoms with Gasteiger partial charge in [-0.05, 0) is 18.3 Å². The summed E-state index contributed by atoms with van der Waals surface area (Å²) in [6, 6.07) is 19.6. The molecule has 89 valence electrons. The Hall–Kier alpha value is -1.70. The van der Waals surface area contributed by atoms with Crippen molar-refractivity contribution in [1.29, 1.82) is 0 Å². The summed E-state index contributed by atoms with van der Waals surface area (Å²) in [7, 11) is 0. The third-order valence-corrected chi connectivity index (χ3v) is 3.11. The molecule has 2 aromatic heterocycles. The van der Waals surface area contributed by atoms with Gasteiger partial charge in [0, 0.05) is 20.1 Å². The van der Waals surface area contributed by atoms with Crippen molar-refractivity contribution in [2.24, 2.45) is 0 Å². The third kappa shape index (κ3) is 1.48. The van der Waals surface area contributed by atoms with Crippen LogP contribution in [-0.4, -0.2) is 9.38 Å². The summed E-state index contributed by atoms with van der Waals surface area (Å²) in [4.78, 5) is 4.68. The van der Waals surface area contributed by atoms with Crippen molar-refractivity contribution >= 4 is 27.5 Å². The molecule has 0 saturated carbocycles. The minimum absolute atomic E-state index is 0. The van der Waals surface area contributed by atoms with E-state index < -0.39 is 0 Å². The van der Waals surface area contributed by atoms with Crippen LogP contribution in [0.3, 0.4) is 0 Å². The van der Waals surface area contributed by atoms with Gasteiger partial charge in [-0.1, -0.05) is 18.2 Å². The van der Waals surface area contributed by atoms with Crippen LogP contribution in [0.1, 0.15) is 0 Å². The van der Waals surface area contributed by atoms with Gasteiger partial charge in [0.1, 0.15) is 0 Å². The number of para-hydroxylation sites is 2. The molecule has 4 rings (SSSR count). The Morgan fingerprint density at radius 2 is 1.89 bits per heavy atom. The first kappa shape index (κ1) is 11.4. The maximum atomic E-state index is 4.68. The van der Waals surface area contributed by atoms with Gasteiger partial charge < -0.3 is 4.40 Å². The van der Waals surface area contributed by atoms with E-state index in [2.05, 4.69) is 39.8 Å². The van der Waals surface area contributed by atoms with E-state index in [1.807, 2.05) is 30.3 Å². The maximum absolute atomic E-state index is 4.68. The van der Waals surface area contributed by atoms with Crippen molar-refractivity contribution in [2.45, 2.75) is 0 Å². The molecule has 0 aliphatic rings. The summed E-state index contributed by atoms with van der Waals surface area (Å²) in [6.07, 6.45) is 2.07. The van der Waals surface area contributed by atoms with Crippen molar-refractivity contribution in [3.63, 3.8) is 0 Å². The zero-order valence-corrected chi connectivity index (χ0v) is 11.8. The number of hydrogen-bond donors (Lipinski definition) is 0. The average Bonchev–Trinajstić information content (AvgIpc) is 2.78. The number of benzene rings is 2. The molecule has 2 aromatic carbocycles. The van der Waals surface area contributed by atoms with Crippen LogP contribution in [0.15, 0.2) is 54.7 Å². The van der Waals surface area contributed by atoms with Gasteiger partial charge in [-0.25, -0.2) is 0 Å². The Morgan fingerprint density at radius 3 is 2.83 bits per heavy atom. The van der Waals surface area contributed by atoms with Crippen LogP contribution in [0.25, 0.3) is 27.5 Å². The molecule has 0 unspecified atom stereocenters. The molecule has 0 aliphatic carbocycles. The fourth-order valence-corrected chi connectivity index (χ4v) is 2.31. The first-order valence-corrected chi connectivity index (χ1v) is 5.60. The first-order valence-electron chi connectivity index (χ1n) is 5.60. The predicted octanol–water partition coefficient (Wildman–Crippen LogP) is 3.44. The molecule has 2 nitrogen and oxygen atoms in total. The van der Waals surface area contributed by atoms with Gasteiger partial charge in [-0.2, -0.15) is 0 Å². The average molecular weight is 409 g/mol. The second-order valence-corrected chi connectivity index (χ2v) is 4.11. The monoisotopic (exact) mass is 410 g/mol. The molecule has 1 radical (unpaired) electrons. The zero-order chi connectivity index (χ0) is 11.2. The molecular formula is C15H9IrN2-. The number of rotatable bonds is 0. The van der Waals surface area contributed by atoms with Crippen LogP contribution >= 0.6 is 0 Å². The Kier molecular flexibility index (Phi) is 2.66. The standard InChI is InChI=1S/C15H9N2.Ir/c1-2-6-12-11(5-1)9-10-17-14-8-4-3-7-13(14)16-15(12)17;/h1-5,7-10H;/q-1;. The molecule has 3 heteroatoms. The normalized spacial score (nSPS) is 10.9. The quantitative estimate of drug-likeness (QED) is 0.407. The van der Waals surface area contributed by atoms with Gasteiger partial charge in [0.05, 0.1) is 16.7 Å². The van der Waals surface area contributed by atoms with E-state index in [1.54, 1.807) is 0 Å². The molecule has 0 fully saturated rings. The van der Waals surface area contributed by atoms with Crippen LogP contribution < -0.4 is 0 Å². The fraction of sp³-hybridized carbons (Fsp3) is 0. The number of imidazole rings is 1. The Bertz CT molecular complexity index is 849. The van der Waals surface area contributed by atoms with Crippen LogP contribution in [0.5, 0.6) is 0 Å². The van der Waals surface area contributed by atoms with E-state index in [4.69, 9.17) is 0 Å². The molecule has 0 spiro atoms. The Balaban J connectivity index is 0.000001000. The van der Waals surface area contributed by atoms with Gasteiger partial charge in [0.15, 0.2) is 0 Å². The van der Waals surface area contributed by atoms with Crippen molar-refractivity contribution < 1.29 is 20.1 Å². The van der Waals surface area contributed by atoms with Gasteiger partial charge in [0.2, 0.25) is 0 Å². The summed E-state index contributed by atoms with van der Waals surface area (Å²) in [5.41, 5.74) is 3.14. The van der Waals surface area contributed by atoms with Crippen LogP contribution in [-0.2, 0) is 20.1 Å². The fourth-order valence-electron chi connectivity index (χ4n) is 2.31. The Labute approximate surface area is 118 Å². The molecule has 0 N–H and O–H groups in total. The second-order valence-electron chi connectivity index (χ2n) is 4.11. The van der Waals surface area contributed by atoms with Gasteiger partial charge >= 0.3 is 0 Å². The van der Waals surface area contributed by atoms with Crippen molar-refractivity contribution in [1.82, 2.24) is 9.38 Å². The van der Waals surface area contributed by atoms with Crippen molar-refractivity contribution in [3.8, 4) is 0 Å². The molecule has 0 saturated heterocycles. The summed E-state index contributed by atoms with van der Waals surface area (Å²) in [5.74, 6) is 0.